The number of sulfonamides is 1. The van der Waals surface area contributed by atoms with Gasteiger partial charge in [-0.05, 0) is 37.5 Å². The second-order valence-electron chi connectivity index (χ2n) is 6.14. The second kappa shape index (κ2) is 7.73. The molecule has 0 radical (unpaired) electrons. The van der Waals surface area contributed by atoms with Crippen molar-refractivity contribution in [3.8, 4) is 0 Å². The normalized spacial score (nSPS) is 30.1. The Morgan fingerprint density at radius 2 is 1.75 bits per heavy atom. The Hall–Kier alpha value is -0.170. The molecule has 2 fully saturated rings. The molecular formula is C14H27NO4S. The van der Waals surface area contributed by atoms with Gasteiger partial charge in [0.1, 0.15) is 0 Å². The molecule has 0 unspecified atom stereocenters. The van der Waals surface area contributed by atoms with Crippen LogP contribution in [0.25, 0.3) is 0 Å². The van der Waals surface area contributed by atoms with Crippen molar-refractivity contribution in [1.29, 1.82) is 0 Å². The third-order valence-corrected chi connectivity index (χ3v) is 6.09. The molecule has 1 saturated heterocycles. The Labute approximate surface area is 122 Å². The topological polar surface area (TPSA) is 75.6 Å². The zero-order chi connectivity index (χ0) is 14.4. The van der Waals surface area contributed by atoms with Crippen LogP contribution < -0.4 is 4.72 Å². The molecule has 2 aliphatic rings. The second-order valence-corrected chi connectivity index (χ2v) is 7.94. The van der Waals surface area contributed by atoms with Crippen molar-refractivity contribution in [2.24, 2.45) is 11.8 Å². The lowest BCUT2D eigenvalue weighted by atomic mass is 9.97. The van der Waals surface area contributed by atoms with Crippen molar-refractivity contribution >= 4 is 10.0 Å². The van der Waals surface area contributed by atoms with E-state index in [0.29, 0.717) is 13.2 Å². The molecule has 2 N–H and O–H groups in total. The Kier molecular flexibility index (Phi) is 6.26. The third kappa shape index (κ3) is 4.98. The van der Waals surface area contributed by atoms with Crippen molar-refractivity contribution in [1.82, 2.24) is 4.72 Å². The number of ether oxygens (including phenoxy) is 1. The molecule has 2 rings (SSSR count). The van der Waals surface area contributed by atoms with Gasteiger partial charge in [-0.25, -0.2) is 13.1 Å². The summed E-state index contributed by atoms with van der Waals surface area (Å²) in [5.41, 5.74) is 0. The fourth-order valence-electron chi connectivity index (χ4n) is 3.26. The van der Waals surface area contributed by atoms with Crippen LogP contribution in [0.15, 0.2) is 0 Å². The summed E-state index contributed by atoms with van der Waals surface area (Å²) in [6.07, 6.45) is 6.68. The number of aliphatic hydroxyl groups is 1. The first-order chi connectivity index (χ1) is 9.61. The molecule has 1 aliphatic heterocycles. The van der Waals surface area contributed by atoms with E-state index in [4.69, 9.17) is 4.74 Å². The SMILES string of the molecule is O=S(=O)(CC1CCOCC1)N[C@@H]1CCCCC[C@@H]1CO. The van der Waals surface area contributed by atoms with Crippen LogP contribution >= 0.6 is 0 Å². The van der Waals surface area contributed by atoms with Crippen LogP contribution in [0.4, 0.5) is 0 Å². The number of aliphatic hydroxyl groups excluding tert-OH is 1. The van der Waals surface area contributed by atoms with Gasteiger partial charge in [-0.15, -0.1) is 0 Å². The lowest BCUT2D eigenvalue weighted by molar-refractivity contribution is 0.0722. The van der Waals surface area contributed by atoms with E-state index in [9.17, 15) is 13.5 Å². The van der Waals surface area contributed by atoms with Gasteiger partial charge in [0.25, 0.3) is 0 Å². The molecule has 5 nitrogen and oxygen atoms in total. The first kappa shape index (κ1) is 16.2. The Morgan fingerprint density at radius 1 is 1.05 bits per heavy atom. The van der Waals surface area contributed by atoms with Crippen molar-refractivity contribution in [2.45, 2.75) is 51.0 Å². The number of hydrogen-bond acceptors (Lipinski definition) is 4. The fraction of sp³-hybridized carbons (Fsp3) is 1.00. The minimum atomic E-state index is -3.26. The van der Waals surface area contributed by atoms with Gasteiger partial charge >= 0.3 is 0 Å². The zero-order valence-corrected chi connectivity index (χ0v) is 12.9. The van der Waals surface area contributed by atoms with Crippen LogP contribution in [-0.4, -0.2) is 45.1 Å². The maximum absolute atomic E-state index is 12.3. The average Bonchev–Trinajstić information content (AvgIpc) is 2.63. The van der Waals surface area contributed by atoms with E-state index in [1.807, 2.05) is 0 Å². The monoisotopic (exact) mass is 305 g/mol. The van der Waals surface area contributed by atoms with E-state index >= 15 is 0 Å². The van der Waals surface area contributed by atoms with Crippen LogP contribution in [0.1, 0.15) is 44.9 Å². The van der Waals surface area contributed by atoms with Gasteiger partial charge < -0.3 is 9.84 Å². The molecule has 0 aromatic heterocycles. The maximum atomic E-state index is 12.3. The maximum Gasteiger partial charge on any atom is 0.212 e. The van der Waals surface area contributed by atoms with Crippen LogP contribution in [0.2, 0.25) is 0 Å². The lowest BCUT2D eigenvalue weighted by Crippen LogP contribution is -2.43. The molecule has 1 saturated carbocycles. The molecule has 0 aromatic rings. The van der Waals surface area contributed by atoms with Crippen molar-refractivity contribution in [3.05, 3.63) is 0 Å². The quantitative estimate of drug-likeness (QED) is 0.750. The highest BCUT2D eigenvalue weighted by atomic mass is 32.2. The summed E-state index contributed by atoms with van der Waals surface area (Å²) >= 11 is 0. The standard InChI is InChI=1S/C14H27NO4S/c16-10-13-4-2-1-3-5-14(13)15-20(17,18)11-12-6-8-19-9-7-12/h12-16H,1-11H2/t13-,14-/m1/s1. The highest BCUT2D eigenvalue weighted by molar-refractivity contribution is 7.89. The minimum absolute atomic E-state index is 0.0713. The summed E-state index contributed by atoms with van der Waals surface area (Å²) in [4.78, 5) is 0. The van der Waals surface area contributed by atoms with Gasteiger partial charge in [-0.2, -0.15) is 0 Å². The molecule has 2 atom stereocenters. The number of hydrogen-bond donors (Lipinski definition) is 2. The third-order valence-electron chi connectivity index (χ3n) is 4.52. The van der Waals surface area contributed by atoms with Crippen LogP contribution in [0, 0.1) is 11.8 Å². The largest absolute Gasteiger partial charge is 0.396 e. The Bertz CT molecular complexity index is 379. The predicted octanol–water partition coefficient (Wildman–Crippen LogP) is 1.27. The average molecular weight is 305 g/mol. The van der Waals surface area contributed by atoms with Gasteiger partial charge in [0.2, 0.25) is 10.0 Å². The van der Waals surface area contributed by atoms with E-state index < -0.39 is 10.0 Å². The summed E-state index contributed by atoms with van der Waals surface area (Å²) in [7, 11) is -3.26. The fourth-order valence-corrected chi connectivity index (χ4v) is 5.08. The van der Waals surface area contributed by atoms with E-state index in [-0.39, 0.29) is 30.2 Å². The van der Waals surface area contributed by atoms with Gasteiger partial charge in [0.05, 0.1) is 5.75 Å². The van der Waals surface area contributed by atoms with E-state index in [1.54, 1.807) is 0 Å². The Morgan fingerprint density at radius 3 is 2.45 bits per heavy atom. The summed E-state index contributed by atoms with van der Waals surface area (Å²) in [5, 5.41) is 9.45. The molecule has 1 heterocycles. The van der Waals surface area contributed by atoms with Gasteiger partial charge in [0, 0.05) is 25.9 Å². The van der Waals surface area contributed by atoms with Gasteiger partial charge in [-0.3, -0.25) is 0 Å². The number of rotatable bonds is 5. The Balaban J connectivity index is 1.91. The van der Waals surface area contributed by atoms with Crippen LogP contribution in [0.5, 0.6) is 0 Å². The molecule has 20 heavy (non-hydrogen) atoms. The first-order valence-electron chi connectivity index (χ1n) is 7.79. The molecule has 0 aromatic carbocycles. The van der Waals surface area contributed by atoms with Crippen LogP contribution in [0.3, 0.4) is 0 Å². The summed E-state index contributed by atoms with van der Waals surface area (Å²) in [6, 6.07) is -0.0904. The molecule has 118 valence electrons. The summed E-state index contributed by atoms with van der Waals surface area (Å²) < 4.78 is 32.7. The van der Waals surface area contributed by atoms with E-state index in [1.165, 1.54) is 0 Å². The van der Waals surface area contributed by atoms with Crippen molar-refractivity contribution < 1.29 is 18.3 Å². The molecular weight excluding hydrogens is 278 g/mol. The number of nitrogens with one attached hydrogen (secondary N) is 1. The molecule has 1 aliphatic carbocycles. The molecule has 0 spiro atoms. The molecule has 0 amide bonds. The lowest BCUT2D eigenvalue weighted by Gasteiger charge is -2.27. The van der Waals surface area contributed by atoms with E-state index in [2.05, 4.69) is 4.72 Å². The minimum Gasteiger partial charge on any atom is -0.396 e. The van der Waals surface area contributed by atoms with Gasteiger partial charge in [-0.1, -0.05) is 19.3 Å². The highest BCUT2D eigenvalue weighted by Gasteiger charge is 2.29. The zero-order valence-electron chi connectivity index (χ0n) is 12.1. The highest BCUT2D eigenvalue weighted by Crippen LogP contribution is 2.24. The molecule has 0 bridgehead atoms. The van der Waals surface area contributed by atoms with Gasteiger partial charge in [0.15, 0.2) is 0 Å². The predicted molar refractivity (Wildman–Crippen MR) is 77.9 cm³/mol. The first-order valence-corrected chi connectivity index (χ1v) is 9.44. The summed E-state index contributed by atoms with van der Waals surface area (Å²) in [5.74, 6) is 0.479. The van der Waals surface area contributed by atoms with E-state index in [0.717, 1.165) is 44.9 Å². The van der Waals surface area contributed by atoms with Crippen molar-refractivity contribution in [2.75, 3.05) is 25.6 Å². The van der Waals surface area contributed by atoms with Crippen LogP contribution in [-0.2, 0) is 14.8 Å². The smallest absolute Gasteiger partial charge is 0.212 e. The van der Waals surface area contributed by atoms with Crippen molar-refractivity contribution in [3.63, 3.8) is 0 Å². The summed E-state index contributed by atoms with van der Waals surface area (Å²) in [6.45, 7) is 1.41. The molecule has 6 heteroatoms.